The van der Waals surface area contributed by atoms with Crippen LogP contribution in [0, 0.1) is 11.3 Å². The van der Waals surface area contributed by atoms with Crippen molar-refractivity contribution < 1.29 is 4.74 Å². The van der Waals surface area contributed by atoms with Gasteiger partial charge in [0.1, 0.15) is 0 Å². The summed E-state index contributed by atoms with van der Waals surface area (Å²) < 4.78 is 5.48. The third-order valence-electron chi connectivity index (χ3n) is 3.35. The SMILES string of the molecule is N#Cc1ccc(-c2cccc3c2CCOC3)cc1. The van der Waals surface area contributed by atoms with E-state index in [1.165, 1.54) is 22.3 Å². The Morgan fingerprint density at radius 2 is 1.89 bits per heavy atom. The number of nitrogens with zero attached hydrogens (tertiary/aromatic N) is 1. The number of ether oxygens (including phenoxy) is 1. The fourth-order valence-electron chi connectivity index (χ4n) is 2.42. The monoisotopic (exact) mass is 235 g/mol. The first-order valence-electron chi connectivity index (χ1n) is 6.07. The molecule has 0 spiro atoms. The van der Waals surface area contributed by atoms with E-state index in [1.807, 2.05) is 24.3 Å². The second-order valence-electron chi connectivity index (χ2n) is 4.43. The molecule has 1 aliphatic heterocycles. The van der Waals surface area contributed by atoms with Crippen LogP contribution in [-0.4, -0.2) is 6.61 Å². The van der Waals surface area contributed by atoms with E-state index < -0.39 is 0 Å². The van der Waals surface area contributed by atoms with Gasteiger partial charge in [-0.25, -0.2) is 0 Å². The first-order valence-corrected chi connectivity index (χ1v) is 6.07. The van der Waals surface area contributed by atoms with E-state index in [4.69, 9.17) is 10.00 Å². The van der Waals surface area contributed by atoms with Crippen LogP contribution in [0.25, 0.3) is 11.1 Å². The molecule has 88 valence electrons. The average molecular weight is 235 g/mol. The highest BCUT2D eigenvalue weighted by molar-refractivity contribution is 5.69. The van der Waals surface area contributed by atoms with Crippen LogP contribution in [0.5, 0.6) is 0 Å². The van der Waals surface area contributed by atoms with Crippen LogP contribution in [0.3, 0.4) is 0 Å². The van der Waals surface area contributed by atoms with Gasteiger partial charge in [-0.15, -0.1) is 0 Å². The summed E-state index contributed by atoms with van der Waals surface area (Å²) in [6, 6.07) is 16.3. The second kappa shape index (κ2) is 4.64. The highest BCUT2D eigenvalue weighted by Gasteiger charge is 2.13. The molecule has 0 unspecified atom stereocenters. The molecule has 0 aliphatic carbocycles. The predicted octanol–water partition coefficient (Wildman–Crippen LogP) is 3.30. The summed E-state index contributed by atoms with van der Waals surface area (Å²) in [6.07, 6.45) is 0.964. The van der Waals surface area contributed by atoms with Crippen LogP contribution in [0.4, 0.5) is 0 Å². The van der Waals surface area contributed by atoms with Crippen LogP contribution in [0.2, 0.25) is 0 Å². The highest BCUT2D eigenvalue weighted by Crippen LogP contribution is 2.29. The summed E-state index contributed by atoms with van der Waals surface area (Å²) in [4.78, 5) is 0. The number of rotatable bonds is 1. The zero-order valence-electron chi connectivity index (χ0n) is 10.0. The van der Waals surface area contributed by atoms with Crippen LogP contribution >= 0.6 is 0 Å². The molecule has 1 aliphatic rings. The summed E-state index contributed by atoms with van der Waals surface area (Å²) in [5, 5.41) is 8.82. The molecule has 0 amide bonds. The van der Waals surface area contributed by atoms with E-state index in [-0.39, 0.29) is 0 Å². The molecule has 0 bridgehead atoms. The predicted molar refractivity (Wildman–Crippen MR) is 70.0 cm³/mol. The van der Waals surface area contributed by atoms with Gasteiger partial charge in [0, 0.05) is 0 Å². The summed E-state index contributed by atoms with van der Waals surface area (Å²) in [5.74, 6) is 0. The Labute approximate surface area is 106 Å². The van der Waals surface area contributed by atoms with Gasteiger partial charge >= 0.3 is 0 Å². The number of hydrogen-bond acceptors (Lipinski definition) is 2. The minimum Gasteiger partial charge on any atom is -0.376 e. The molecule has 0 atom stereocenters. The van der Waals surface area contributed by atoms with Crippen molar-refractivity contribution in [2.45, 2.75) is 13.0 Å². The van der Waals surface area contributed by atoms with Gasteiger partial charge in [-0.3, -0.25) is 0 Å². The Bertz CT molecular complexity index is 608. The Morgan fingerprint density at radius 3 is 2.67 bits per heavy atom. The highest BCUT2D eigenvalue weighted by atomic mass is 16.5. The van der Waals surface area contributed by atoms with Crippen molar-refractivity contribution in [3.63, 3.8) is 0 Å². The van der Waals surface area contributed by atoms with E-state index in [1.54, 1.807) is 0 Å². The van der Waals surface area contributed by atoms with Gasteiger partial charge in [0.2, 0.25) is 0 Å². The van der Waals surface area contributed by atoms with E-state index in [9.17, 15) is 0 Å². The third kappa shape index (κ3) is 1.90. The zero-order chi connectivity index (χ0) is 12.4. The Hall–Kier alpha value is -2.11. The molecule has 2 heteroatoms. The van der Waals surface area contributed by atoms with Gasteiger partial charge in [-0.05, 0) is 40.8 Å². The first kappa shape index (κ1) is 11.0. The maximum atomic E-state index is 8.82. The molecule has 1 heterocycles. The molecule has 0 fully saturated rings. The largest absolute Gasteiger partial charge is 0.376 e. The number of fused-ring (bicyclic) bond motifs is 1. The minimum atomic E-state index is 0.701. The van der Waals surface area contributed by atoms with Crippen LogP contribution in [-0.2, 0) is 17.8 Å². The zero-order valence-corrected chi connectivity index (χ0v) is 10.0. The lowest BCUT2D eigenvalue weighted by Gasteiger charge is -2.19. The number of nitriles is 1. The lowest BCUT2D eigenvalue weighted by atomic mass is 9.92. The molecule has 2 nitrogen and oxygen atoms in total. The molecular weight excluding hydrogens is 222 g/mol. The second-order valence-corrected chi connectivity index (χ2v) is 4.43. The Morgan fingerprint density at radius 1 is 1.06 bits per heavy atom. The minimum absolute atomic E-state index is 0.701. The van der Waals surface area contributed by atoms with Gasteiger partial charge in [-0.2, -0.15) is 5.26 Å². The topological polar surface area (TPSA) is 33.0 Å². The van der Waals surface area contributed by atoms with Crippen LogP contribution < -0.4 is 0 Å². The van der Waals surface area contributed by atoms with Crippen LogP contribution in [0.1, 0.15) is 16.7 Å². The van der Waals surface area contributed by atoms with Crippen molar-refractivity contribution in [3.05, 3.63) is 59.2 Å². The molecule has 18 heavy (non-hydrogen) atoms. The molecule has 0 saturated heterocycles. The van der Waals surface area contributed by atoms with Crippen molar-refractivity contribution in [3.8, 4) is 17.2 Å². The molecule has 2 aromatic carbocycles. The molecular formula is C16H13NO. The van der Waals surface area contributed by atoms with Crippen LogP contribution in [0.15, 0.2) is 42.5 Å². The Balaban J connectivity index is 2.08. The molecule has 0 saturated carbocycles. The van der Waals surface area contributed by atoms with Gasteiger partial charge in [0.25, 0.3) is 0 Å². The average Bonchev–Trinajstić information content (AvgIpc) is 2.47. The summed E-state index contributed by atoms with van der Waals surface area (Å²) >= 11 is 0. The van der Waals surface area contributed by atoms with Gasteiger partial charge in [0.15, 0.2) is 0 Å². The van der Waals surface area contributed by atoms with Crippen molar-refractivity contribution in [1.82, 2.24) is 0 Å². The summed E-state index contributed by atoms with van der Waals surface area (Å²) in [5.41, 5.74) is 5.80. The van der Waals surface area contributed by atoms with E-state index in [0.717, 1.165) is 13.0 Å². The van der Waals surface area contributed by atoms with Gasteiger partial charge in [0.05, 0.1) is 24.8 Å². The maximum Gasteiger partial charge on any atom is 0.0991 e. The van der Waals surface area contributed by atoms with Crippen molar-refractivity contribution in [2.24, 2.45) is 0 Å². The summed E-state index contributed by atoms with van der Waals surface area (Å²) in [7, 11) is 0. The third-order valence-corrected chi connectivity index (χ3v) is 3.35. The van der Waals surface area contributed by atoms with Crippen molar-refractivity contribution >= 4 is 0 Å². The molecule has 3 rings (SSSR count). The van der Waals surface area contributed by atoms with Crippen molar-refractivity contribution in [1.29, 1.82) is 5.26 Å². The standard InChI is InChI=1S/C16H13NO/c17-10-12-4-6-13(7-5-12)15-3-1-2-14-11-18-9-8-16(14)15/h1-7H,8-9,11H2. The van der Waals surface area contributed by atoms with E-state index in [0.29, 0.717) is 12.2 Å². The normalized spacial score (nSPS) is 13.7. The fourth-order valence-corrected chi connectivity index (χ4v) is 2.42. The fraction of sp³-hybridized carbons (Fsp3) is 0.188. The van der Waals surface area contributed by atoms with Crippen molar-refractivity contribution in [2.75, 3.05) is 6.61 Å². The van der Waals surface area contributed by atoms with Gasteiger partial charge in [-0.1, -0.05) is 30.3 Å². The molecule has 0 radical (unpaired) electrons. The molecule has 0 aromatic heterocycles. The maximum absolute atomic E-state index is 8.82. The Kier molecular flexibility index (Phi) is 2.84. The lowest BCUT2D eigenvalue weighted by Crippen LogP contribution is -2.10. The first-order chi connectivity index (χ1) is 8.88. The number of hydrogen-bond donors (Lipinski definition) is 0. The quantitative estimate of drug-likeness (QED) is 0.759. The number of benzene rings is 2. The molecule has 0 N–H and O–H groups in total. The lowest BCUT2D eigenvalue weighted by molar-refractivity contribution is 0.111. The van der Waals surface area contributed by atoms with E-state index in [2.05, 4.69) is 24.3 Å². The molecule has 2 aromatic rings. The summed E-state index contributed by atoms with van der Waals surface area (Å²) in [6.45, 7) is 1.50. The van der Waals surface area contributed by atoms with Gasteiger partial charge < -0.3 is 4.74 Å². The van der Waals surface area contributed by atoms with E-state index >= 15 is 0 Å². The smallest absolute Gasteiger partial charge is 0.0991 e.